The molecule has 0 radical (unpaired) electrons. The van der Waals surface area contributed by atoms with Gasteiger partial charge in [-0.3, -0.25) is 0 Å². The molecule has 1 unspecified atom stereocenters. The Kier molecular flexibility index (Phi) is 6.06. The first-order chi connectivity index (χ1) is 8.17. The summed E-state index contributed by atoms with van der Waals surface area (Å²) in [6, 6.07) is 7.54. The molecule has 1 atom stereocenters. The highest BCUT2D eigenvalue weighted by Gasteiger charge is 2.10. The maximum absolute atomic E-state index is 11.7. The summed E-state index contributed by atoms with van der Waals surface area (Å²) in [5.74, 6) is 0.417. The molecule has 0 aliphatic rings. The van der Waals surface area contributed by atoms with Crippen LogP contribution in [0.25, 0.3) is 0 Å². The van der Waals surface area contributed by atoms with Gasteiger partial charge in [-0.1, -0.05) is 19.1 Å². The highest BCUT2D eigenvalue weighted by molar-refractivity contribution is 6.17. The predicted octanol–water partition coefficient (Wildman–Crippen LogP) is 3.81. The Morgan fingerprint density at radius 2 is 2.00 bits per heavy atom. The summed E-state index contributed by atoms with van der Waals surface area (Å²) in [5.41, 5.74) is 1.81. The molecule has 17 heavy (non-hydrogen) atoms. The van der Waals surface area contributed by atoms with Crippen LogP contribution >= 0.6 is 11.6 Å². The molecule has 1 rings (SSSR count). The number of halogens is 1. The summed E-state index contributed by atoms with van der Waals surface area (Å²) in [6.45, 7) is 3.89. The summed E-state index contributed by atoms with van der Waals surface area (Å²) in [7, 11) is 0. The molecule has 0 fully saturated rings. The SMILES string of the molecule is CCC(C)OC(=O)c1ccc(CCCCl)cc1. The molecule has 0 saturated heterocycles. The number of benzene rings is 1. The number of aryl methyl sites for hydroxylation is 1. The topological polar surface area (TPSA) is 26.3 Å². The molecular formula is C14H19ClO2. The van der Waals surface area contributed by atoms with Crippen LogP contribution in [0.3, 0.4) is 0 Å². The van der Waals surface area contributed by atoms with Crippen molar-refractivity contribution in [2.24, 2.45) is 0 Å². The number of ether oxygens (including phenoxy) is 1. The first kappa shape index (κ1) is 14.0. The normalized spacial score (nSPS) is 12.2. The molecule has 0 amide bonds. The lowest BCUT2D eigenvalue weighted by atomic mass is 10.1. The van der Waals surface area contributed by atoms with Crippen molar-refractivity contribution in [2.45, 2.75) is 39.2 Å². The molecule has 0 saturated carbocycles. The second kappa shape index (κ2) is 7.33. The third-order valence-corrected chi connectivity index (χ3v) is 2.94. The van der Waals surface area contributed by atoms with E-state index in [2.05, 4.69) is 0 Å². The molecule has 0 heterocycles. The molecule has 0 aliphatic heterocycles. The average Bonchev–Trinajstić information content (AvgIpc) is 2.36. The highest BCUT2D eigenvalue weighted by Crippen LogP contribution is 2.10. The van der Waals surface area contributed by atoms with E-state index in [0.29, 0.717) is 11.4 Å². The van der Waals surface area contributed by atoms with Crippen molar-refractivity contribution >= 4 is 17.6 Å². The number of hydrogen-bond acceptors (Lipinski definition) is 2. The van der Waals surface area contributed by atoms with Gasteiger partial charge >= 0.3 is 5.97 Å². The predicted molar refractivity (Wildman–Crippen MR) is 70.7 cm³/mol. The molecule has 3 heteroatoms. The van der Waals surface area contributed by atoms with Crippen molar-refractivity contribution in [1.29, 1.82) is 0 Å². The summed E-state index contributed by atoms with van der Waals surface area (Å²) >= 11 is 5.63. The number of carbonyl (C=O) groups is 1. The van der Waals surface area contributed by atoms with E-state index in [4.69, 9.17) is 16.3 Å². The highest BCUT2D eigenvalue weighted by atomic mass is 35.5. The van der Waals surface area contributed by atoms with Crippen LogP contribution in [0.4, 0.5) is 0 Å². The van der Waals surface area contributed by atoms with Crippen molar-refractivity contribution in [3.05, 3.63) is 35.4 Å². The Morgan fingerprint density at radius 1 is 1.35 bits per heavy atom. The number of esters is 1. The number of hydrogen-bond donors (Lipinski definition) is 0. The Labute approximate surface area is 108 Å². The lowest BCUT2D eigenvalue weighted by Crippen LogP contribution is -2.13. The molecule has 2 nitrogen and oxygen atoms in total. The van der Waals surface area contributed by atoms with Crippen LogP contribution < -0.4 is 0 Å². The lowest BCUT2D eigenvalue weighted by Gasteiger charge is -2.10. The van der Waals surface area contributed by atoms with Gasteiger partial charge in [0.05, 0.1) is 11.7 Å². The fourth-order valence-corrected chi connectivity index (χ4v) is 1.55. The maximum Gasteiger partial charge on any atom is 0.338 e. The van der Waals surface area contributed by atoms with E-state index in [9.17, 15) is 4.79 Å². The lowest BCUT2D eigenvalue weighted by molar-refractivity contribution is 0.0334. The van der Waals surface area contributed by atoms with E-state index < -0.39 is 0 Å². The number of carbonyl (C=O) groups excluding carboxylic acids is 1. The monoisotopic (exact) mass is 254 g/mol. The second-order valence-corrected chi connectivity index (χ2v) is 4.49. The Morgan fingerprint density at radius 3 is 2.53 bits per heavy atom. The Hall–Kier alpha value is -1.02. The molecule has 0 aliphatic carbocycles. The number of alkyl halides is 1. The maximum atomic E-state index is 11.7. The van der Waals surface area contributed by atoms with Crippen LogP contribution in [-0.2, 0) is 11.2 Å². The van der Waals surface area contributed by atoms with Gasteiger partial charge in [-0.15, -0.1) is 11.6 Å². The minimum absolute atomic E-state index is 0.0292. The first-order valence-corrected chi connectivity index (χ1v) is 6.56. The van der Waals surface area contributed by atoms with Gasteiger partial charge in [-0.05, 0) is 43.9 Å². The molecule has 1 aromatic carbocycles. The zero-order valence-corrected chi connectivity index (χ0v) is 11.2. The van der Waals surface area contributed by atoms with Crippen molar-refractivity contribution in [3.8, 4) is 0 Å². The van der Waals surface area contributed by atoms with E-state index >= 15 is 0 Å². The van der Waals surface area contributed by atoms with Crippen molar-refractivity contribution < 1.29 is 9.53 Å². The van der Waals surface area contributed by atoms with E-state index in [1.165, 1.54) is 5.56 Å². The van der Waals surface area contributed by atoms with Gasteiger partial charge < -0.3 is 4.74 Å². The fourth-order valence-electron chi connectivity index (χ4n) is 1.41. The van der Waals surface area contributed by atoms with E-state index in [-0.39, 0.29) is 12.1 Å². The van der Waals surface area contributed by atoms with Crippen molar-refractivity contribution in [3.63, 3.8) is 0 Å². The zero-order valence-electron chi connectivity index (χ0n) is 10.4. The minimum Gasteiger partial charge on any atom is -0.459 e. The third kappa shape index (κ3) is 4.78. The van der Waals surface area contributed by atoms with Crippen LogP contribution in [0.2, 0.25) is 0 Å². The first-order valence-electron chi connectivity index (χ1n) is 6.03. The Bertz CT molecular complexity index is 346. The number of rotatable bonds is 6. The largest absolute Gasteiger partial charge is 0.459 e. The van der Waals surface area contributed by atoms with Gasteiger partial charge in [0.1, 0.15) is 0 Å². The molecule has 0 N–H and O–H groups in total. The van der Waals surface area contributed by atoms with Crippen molar-refractivity contribution in [2.75, 3.05) is 5.88 Å². The summed E-state index contributed by atoms with van der Waals surface area (Å²) in [6.07, 6.45) is 2.71. The van der Waals surface area contributed by atoms with E-state index in [1.807, 2.05) is 38.1 Å². The molecule has 0 aromatic heterocycles. The molecule has 94 valence electrons. The van der Waals surface area contributed by atoms with Crippen LogP contribution in [0.15, 0.2) is 24.3 Å². The summed E-state index contributed by atoms with van der Waals surface area (Å²) in [4.78, 5) is 11.7. The smallest absolute Gasteiger partial charge is 0.338 e. The van der Waals surface area contributed by atoms with E-state index in [1.54, 1.807) is 0 Å². The molecule has 0 spiro atoms. The summed E-state index contributed by atoms with van der Waals surface area (Å²) < 4.78 is 5.25. The van der Waals surface area contributed by atoms with Crippen LogP contribution in [0.1, 0.15) is 42.6 Å². The van der Waals surface area contributed by atoms with Crippen LogP contribution in [0, 0.1) is 0 Å². The van der Waals surface area contributed by atoms with Gasteiger partial charge in [-0.25, -0.2) is 4.79 Å². The zero-order chi connectivity index (χ0) is 12.7. The second-order valence-electron chi connectivity index (χ2n) is 4.11. The van der Waals surface area contributed by atoms with Gasteiger partial charge in [-0.2, -0.15) is 0 Å². The van der Waals surface area contributed by atoms with Gasteiger partial charge in [0.15, 0.2) is 0 Å². The standard InChI is InChI=1S/C14H19ClO2/c1-3-11(2)17-14(16)13-8-6-12(7-9-13)5-4-10-15/h6-9,11H,3-5,10H2,1-2H3. The van der Waals surface area contributed by atoms with Gasteiger partial charge in [0.2, 0.25) is 0 Å². The van der Waals surface area contributed by atoms with E-state index in [0.717, 1.165) is 19.3 Å². The fraction of sp³-hybridized carbons (Fsp3) is 0.500. The van der Waals surface area contributed by atoms with Gasteiger partial charge in [0.25, 0.3) is 0 Å². The van der Waals surface area contributed by atoms with Crippen LogP contribution in [-0.4, -0.2) is 18.0 Å². The average molecular weight is 255 g/mol. The Balaban J connectivity index is 2.57. The van der Waals surface area contributed by atoms with Crippen molar-refractivity contribution in [1.82, 2.24) is 0 Å². The molecule has 0 bridgehead atoms. The quantitative estimate of drug-likeness (QED) is 0.570. The molecular weight excluding hydrogens is 236 g/mol. The third-order valence-electron chi connectivity index (χ3n) is 2.67. The molecule has 1 aromatic rings. The summed E-state index contributed by atoms with van der Waals surface area (Å²) in [5, 5.41) is 0. The van der Waals surface area contributed by atoms with Crippen LogP contribution in [0.5, 0.6) is 0 Å². The van der Waals surface area contributed by atoms with Gasteiger partial charge in [0, 0.05) is 5.88 Å². The minimum atomic E-state index is -0.247.